The van der Waals surface area contributed by atoms with Crippen molar-refractivity contribution in [3.8, 4) is 0 Å². The molecule has 4 unspecified atom stereocenters. The van der Waals surface area contributed by atoms with Crippen LogP contribution in [0.3, 0.4) is 0 Å². The number of fused-ring (bicyclic) bond motifs is 1. The van der Waals surface area contributed by atoms with Crippen LogP contribution in [0, 0.1) is 18.8 Å². The van der Waals surface area contributed by atoms with Gasteiger partial charge in [-0.3, -0.25) is 9.59 Å². The molecule has 2 aromatic carbocycles. The molecular formula is C24H24N2O3. The predicted molar refractivity (Wildman–Crippen MR) is 109 cm³/mol. The molecule has 2 amide bonds. The van der Waals surface area contributed by atoms with Gasteiger partial charge in [-0.05, 0) is 23.6 Å². The van der Waals surface area contributed by atoms with Gasteiger partial charge in [-0.25, -0.2) is 0 Å². The zero-order valence-corrected chi connectivity index (χ0v) is 16.4. The maximum atomic E-state index is 13.3. The van der Waals surface area contributed by atoms with Crippen molar-refractivity contribution < 1.29 is 14.3 Å². The lowest BCUT2D eigenvalue weighted by Crippen LogP contribution is -2.43. The smallest absolute Gasteiger partial charge is 0.230 e. The van der Waals surface area contributed by atoms with Crippen molar-refractivity contribution in [2.45, 2.75) is 31.7 Å². The van der Waals surface area contributed by atoms with E-state index in [1.165, 1.54) is 0 Å². The number of hydrogen-bond donors (Lipinski definition) is 1. The largest absolute Gasteiger partial charge is 0.360 e. The van der Waals surface area contributed by atoms with E-state index in [1.807, 2.05) is 78.6 Å². The topological polar surface area (TPSA) is 58.6 Å². The molecule has 0 saturated carbocycles. The molecule has 5 heteroatoms. The van der Waals surface area contributed by atoms with Crippen LogP contribution < -0.4 is 5.32 Å². The van der Waals surface area contributed by atoms with Crippen molar-refractivity contribution >= 4 is 11.8 Å². The molecule has 148 valence electrons. The zero-order chi connectivity index (χ0) is 20.0. The van der Waals surface area contributed by atoms with E-state index < -0.39 is 17.4 Å². The molecular weight excluding hydrogens is 364 g/mol. The second-order valence-electron chi connectivity index (χ2n) is 8.22. The number of nitrogens with one attached hydrogen (secondary N) is 1. The molecule has 2 bridgehead atoms. The Balaban J connectivity index is 1.33. The molecule has 4 atom stereocenters. The molecule has 0 radical (unpaired) electrons. The summed E-state index contributed by atoms with van der Waals surface area (Å²) >= 11 is 0. The number of nitrogens with zero attached hydrogens (tertiary/aromatic N) is 1. The maximum Gasteiger partial charge on any atom is 0.230 e. The summed E-state index contributed by atoms with van der Waals surface area (Å²) in [5, 5.41) is 3.04. The Labute approximate surface area is 170 Å². The highest BCUT2D eigenvalue weighted by Gasteiger charge is 2.66. The van der Waals surface area contributed by atoms with Gasteiger partial charge in [0, 0.05) is 13.1 Å². The molecule has 5 nitrogen and oxygen atoms in total. The molecule has 0 aliphatic carbocycles. The van der Waals surface area contributed by atoms with E-state index in [-0.39, 0.29) is 17.9 Å². The predicted octanol–water partition coefficient (Wildman–Crippen LogP) is 2.59. The number of hydrogen-bond acceptors (Lipinski definition) is 3. The molecule has 29 heavy (non-hydrogen) atoms. The molecule has 0 aromatic heterocycles. The van der Waals surface area contributed by atoms with Crippen LogP contribution in [0.2, 0.25) is 0 Å². The SMILES string of the molecule is Cc1ccccc1CNC(=O)C1C2C=CC3(CN(Cc4ccccc4)C(=O)C13)O2. The van der Waals surface area contributed by atoms with Crippen molar-refractivity contribution in [1.29, 1.82) is 0 Å². The quantitative estimate of drug-likeness (QED) is 0.801. The Morgan fingerprint density at radius 3 is 2.72 bits per heavy atom. The average molecular weight is 388 g/mol. The fourth-order valence-electron chi connectivity index (χ4n) is 4.92. The van der Waals surface area contributed by atoms with Crippen molar-refractivity contribution in [3.63, 3.8) is 0 Å². The minimum Gasteiger partial charge on any atom is -0.360 e. The summed E-state index contributed by atoms with van der Waals surface area (Å²) in [6.07, 6.45) is 3.63. The summed E-state index contributed by atoms with van der Waals surface area (Å²) in [6, 6.07) is 17.9. The number of carbonyl (C=O) groups is 2. The number of carbonyl (C=O) groups excluding carboxylic acids is 2. The number of ether oxygens (including phenoxy) is 1. The molecule has 3 heterocycles. The molecule has 2 fully saturated rings. The Hall–Kier alpha value is -2.92. The Bertz CT molecular complexity index is 987. The molecule has 1 spiro atoms. The van der Waals surface area contributed by atoms with E-state index >= 15 is 0 Å². The minimum absolute atomic E-state index is 0.0109. The van der Waals surface area contributed by atoms with Crippen LogP contribution in [-0.2, 0) is 27.4 Å². The number of likely N-dealkylation sites (tertiary alicyclic amines) is 1. The maximum absolute atomic E-state index is 13.3. The van der Waals surface area contributed by atoms with Gasteiger partial charge in [0.05, 0.1) is 24.5 Å². The van der Waals surface area contributed by atoms with E-state index in [0.717, 1.165) is 16.7 Å². The van der Waals surface area contributed by atoms with Gasteiger partial charge in [-0.15, -0.1) is 0 Å². The van der Waals surface area contributed by atoms with E-state index in [9.17, 15) is 9.59 Å². The fourth-order valence-corrected chi connectivity index (χ4v) is 4.92. The number of rotatable bonds is 5. The van der Waals surface area contributed by atoms with E-state index in [2.05, 4.69) is 5.32 Å². The summed E-state index contributed by atoms with van der Waals surface area (Å²) in [7, 11) is 0. The lowest BCUT2D eigenvalue weighted by atomic mass is 9.77. The van der Waals surface area contributed by atoms with Gasteiger partial charge in [0.1, 0.15) is 5.60 Å². The first kappa shape index (κ1) is 18.1. The summed E-state index contributed by atoms with van der Waals surface area (Å²) in [5.41, 5.74) is 2.63. The standard InChI is InChI=1S/C24H24N2O3/c1-16-7-5-6-10-18(16)13-25-22(27)20-19-11-12-24(29-19)15-26(23(28)21(20)24)14-17-8-3-2-4-9-17/h2-12,19-21H,13-15H2,1H3,(H,25,27). The van der Waals surface area contributed by atoms with E-state index in [1.54, 1.807) is 0 Å². The van der Waals surface area contributed by atoms with Crippen molar-refractivity contribution in [2.24, 2.45) is 11.8 Å². The van der Waals surface area contributed by atoms with Crippen molar-refractivity contribution in [2.75, 3.05) is 6.54 Å². The zero-order valence-electron chi connectivity index (χ0n) is 16.4. The second-order valence-corrected chi connectivity index (χ2v) is 8.22. The highest BCUT2D eigenvalue weighted by molar-refractivity contribution is 5.93. The van der Waals surface area contributed by atoms with Crippen molar-refractivity contribution in [3.05, 3.63) is 83.4 Å². The molecule has 5 rings (SSSR count). The van der Waals surface area contributed by atoms with E-state index in [0.29, 0.717) is 19.6 Å². The molecule has 2 aromatic rings. The third kappa shape index (κ3) is 2.97. The Morgan fingerprint density at radius 1 is 1.17 bits per heavy atom. The van der Waals surface area contributed by atoms with Crippen LogP contribution in [-0.4, -0.2) is 35.0 Å². The highest BCUT2D eigenvalue weighted by Crippen LogP contribution is 2.52. The van der Waals surface area contributed by atoms with Gasteiger partial charge in [0.15, 0.2) is 0 Å². The number of amides is 2. The highest BCUT2D eigenvalue weighted by atomic mass is 16.5. The monoisotopic (exact) mass is 388 g/mol. The van der Waals surface area contributed by atoms with Crippen LogP contribution in [0.15, 0.2) is 66.7 Å². The molecule has 3 aliphatic rings. The third-order valence-electron chi connectivity index (χ3n) is 6.41. The third-order valence-corrected chi connectivity index (χ3v) is 6.41. The minimum atomic E-state index is -0.665. The summed E-state index contributed by atoms with van der Waals surface area (Å²) in [5.74, 6) is -1.02. The van der Waals surface area contributed by atoms with Crippen molar-refractivity contribution in [1.82, 2.24) is 10.2 Å². The number of benzene rings is 2. The lowest BCUT2D eigenvalue weighted by molar-refractivity contribution is -0.137. The average Bonchev–Trinajstić information content (AvgIpc) is 3.36. The van der Waals surface area contributed by atoms with E-state index in [4.69, 9.17) is 4.74 Å². The number of aryl methyl sites for hydroxylation is 1. The first-order valence-corrected chi connectivity index (χ1v) is 10.1. The molecule has 2 saturated heterocycles. The second kappa shape index (κ2) is 6.85. The summed E-state index contributed by atoms with van der Waals surface area (Å²) < 4.78 is 6.20. The molecule has 1 N–H and O–H groups in total. The van der Waals surface area contributed by atoms with Gasteiger partial charge in [0.25, 0.3) is 0 Å². The van der Waals surface area contributed by atoms with Crippen LogP contribution in [0.1, 0.15) is 16.7 Å². The van der Waals surface area contributed by atoms with Gasteiger partial charge in [-0.1, -0.05) is 66.7 Å². The Morgan fingerprint density at radius 2 is 1.93 bits per heavy atom. The summed E-state index contributed by atoms with van der Waals surface area (Å²) in [4.78, 5) is 28.2. The van der Waals surface area contributed by atoms with Gasteiger partial charge >= 0.3 is 0 Å². The molecule has 3 aliphatic heterocycles. The van der Waals surface area contributed by atoms with Crippen LogP contribution in [0.5, 0.6) is 0 Å². The van der Waals surface area contributed by atoms with Crippen LogP contribution in [0.4, 0.5) is 0 Å². The van der Waals surface area contributed by atoms with Gasteiger partial charge < -0.3 is 15.0 Å². The van der Waals surface area contributed by atoms with Crippen LogP contribution in [0.25, 0.3) is 0 Å². The Kier molecular flexibility index (Phi) is 4.28. The van der Waals surface area contributed by atoms with Crippen LogP contribution >= 0.6 is 0 Å². The lowest BCUT2D eigenvalue weighted by Gasteiger charge is -2.23. The first-order valence-electron chi connectivity index (χ1n) is 10.1. The fraction of sp³-hybridized carbons (Fsp3) is 0.333. The normalized spacial score (nSPS) is 29.3. The van der Waals surface area contributed by atoms with Gasteiger partial charge in [-0.2, -0.15) is 0 Å². The summed E-state index contributed by atoms with van der Waals surface area (Å²) in [6.45, 7) is 3.53. The van der Waals surface area contributed by atoms with Gasteiger partial charge in [0.2, 0.25) is 11.8 Å². The first-order chi connectivity index (χ1) is 14.1.